The predicted octanol–water partition coefficient (Wildman–Crippen LogP) is 5.30. The van der Waals surface area contributed by atoms with Gasteiger partial charge in [0.15, 0.2) is 0 Å². The monoisotopic (exact) mass is 339 g/mol. The van der Waals surface area contributed by atoms with Crippen LogP contribution in [0.15, 0.2) is 55.8 Å². The molecule has 0 fully saturated rings. The van der Waals surface area contributed by atoms with Crippen LogP contribution in [-0.2, 0) is 6.42 Å². The van der Waals surface area contributed by atoms with E-state index < -0.39 is 0 Å². The van der Waals surface area contributed by atoms with Crippen LogP contribution in [0, 0.1) is 13.8 Å². The summed E-state index contributed by atoms with van der Waals surface area (Å²) in [6.45, 7) is 16.2. The molecule has 25 heavy (non-hydrogen) atoms. The van der Waals surface area contributed by atoms with Gasteiger partial charge >= 0.3 is 0 Å². The number of nitrogen functional groups attached to an aromatic ring is 1. The van der Waals surface area contributed by atoms with Crippen molar-refractivity contribution in [3.8, 4) is 0 Å². The third-order valence-corrected chi connectivity index (χ3v) is 3.60. The zero-order chi connectivity index (χ0) is 19.2. The largest absolute Gasteiger partial charge is 0.405 e. The quantitative estimate of drug-likeness (QED) is 0.648. The van der Waals surface area contributed by atoms with Gasteiger partial charge in [0.05, 0.1) is 0 Å². The molecule has 0 atom stereocenters. The van der Waals surface area contributed by atoms with Gasteiger partial charge in [0.1, 0.15) is 0 Å². The highest BCUT2D eigenvalue weighted by atomic mass is 14.9. The first kappa shape index (κ1) is 22.3. The molecule has 0 radical (unpaired) electrons. The highest BCUT2D eigenvalue weighted by molar-refractivity contribution is 5.69. The smallest absolute Gasteiger partial charge is 0.0415 e. The second-order valence-electron chi connectivity index (χ2n) is 5.38. The van der Waals surface area contributed by atoms with Crippen molar-refractivity contribution in [3.05, 3.63) is 78.0 Å². The van der Waals surface area contributed by atoms with E-state index in [1.807, 2.05) is 38.1 Å². The minimum Gasteiger partial charge on any atom is -0.405 e. The lowest BCUT2D eigenvalue weighted by Gasteiger charge is -2.11. The molecule has 2 aromatic carbocycles. The van der Waals surface area contributed by atoms with Crippen LogP contribution in [0.25, 0.3) is 6.08 Å². The first-order valence-electron chi connectivity index (χ1n) is 8.66. The number of nitrogens with one attached hydrogen (secondary N) is 1. The minimum absolute atomic E-state index is 0.764. The number of hydrogen-bond donors (Lipinski definition) is 3. The van der Waals surface area contributed by atoms with Crippen molar-refractivity contribution in [3.63, 3.8) is 0 Å². The van der Waals surface area contributed by atoms with Gasteiger partial charge in [0.25, 0.3) is 0 Å². The van der Waals surface area contributed by atoms with Crippen molar-refractivity contribution in [1.29, 1.82) is 0 Å². The van der Waals surface area contributed by atoms with Crippen LogP contribution >= 0.6 is 0 Å². The Bertz CT molecular complexity index is 660. The molecule has 0 aliphatic heterocycles. The van der Waals surface area contributed by atoms with Gasteiger partial charge in [0, 0.05) is 17.9 Å². The van der Waals surface area contributed by atoms with Gasteiger partial charge in [-0.25, -0.2) is 0 Å². The molecule has 0 unspecified atom stereocenters. The maximum atomic E-state index is 5.78. The van der Waals surface area contributed by atoms with Crippen molar-refractivity contribution >= 4 is 17.5 Å². The van der Waals surface area contributed by atoms with Gasteiger partial charge in [-0.2, -0.15) is 0 Å². The van der Waals surface area contributed by atoms with Crippen molar-refractivity contribution in [2.24, 2.45) is 5.73 Å². The lowest BCUT2D eigenvalue weighted by molar-refractivity contribution is 1.01. The third kappa shape index (κ3) is 8.11. The van der Waals surface area contributed by atoms with Gasteiger partial charge in [0.2, 0.25) is 0 Å². The summed E-state index contributed by atoms with van der Waals surface area (Å²) < 4.78 is 0. The highest BCUT2D eigenvalue weighted by Gasteiger charge is 2.01. The summed E-state index contributed by atoms with van der Waals surface area (Å²) in [4.78, 5) is 0. The van der Waals surface area contributed by atoms with E-state index >= 15 is 0 Å². The third-order valence-electron chi connectivity index (χ3n) is 3.60. The summed E-state index contributed by atoms with van der Waals surface area (Å²) in [5.41, 5.74) is 17.3. The lowest BCUT2D eigenvalue weighted by atomic mass is 10.0. The van der Waals surface area contributed by atoms with Gasteiger partial charge < -0.3 is 16.8 Å². The zero-order valence-corrected chi connectivity index (χ0v) is 16.1. The molecule has 0 aliphatic carbocycles. The average molecular weight is 340 g/mol. The fourth-order valence-electron chi connectivity index (χ4n) is 2.21. The summed E-state index contributed by atoms with van der Waals surface area (Å²) in [6.07, 6.45) is 4.08. The lowest BCUT2D eigenvalue weighted by Crippen LogP contribution is -2.06. The zero-order valence-electron chi connectivity index (χ0n) is 16.1. The van der Waals surface area contributed by atoms with Gasteiger partial charge in [-0.1, -0.05) is 51.3 Å². The Morgan fingerprint density at radius 3 is 2.20 bits per heavy atom. The van der Waals surface area contributed by atoms with Crippen LogP contribution in [0.5, 0.6) is 0 Å². The van der Waals surface area contributed by atoms with E-state index in [2.05, 4.69) is 56.3 Å². The molecule has 136 valence electrons. The molecule has 3 heteroatoms. The number of aryl methyl sites for hydroxylation is 2. The van der Waals surface area contributed by atoms with Crippen LogP contribution in [0.3, 0.4) is 0 Å². The van der Waals surface area contributed by atoms with Crippen LogP contribution in [0.4, 0.5) is 11.4 Å². The van der Waals surface area contributed by atoms with Crippen molar-refractivity contribution in [2.45, 2.75) is 34.1 Å². The van der Waals surface area contributed by atoms with Gasteiger partial charge in [-0.3, -0.25) is 0 Å². The average Bonchev–Trinajstić information content (AvgIpc) is 2.61. The SMILES string of the molecule is C=CN.C=Cc1cc(N)ccc1NCCc1ccc(C)c(C)c1.CC. The Balaban J connectivity index is 0.00000104. The van der Waals surface area contributed by atoms with Crippen molar-refractivity contribution in [2.75, 3.05) is 17.6 Å². The molecule has 0 saturated carbocycles. The Hall–Kier alpha value is -2.68. The summed E-state index contributed by atoms with van der Waals surface area (Å²) in [5, 5.41) is 3.45. The van der Waals surface area contributed by atoms with Gasteiger partial charge in [-0.15, -0.1) is 0 Å². The molecule has 3 nitrogen and oxygen atoms in total. The number of hydrogen-bond acceptors (Lipinski definition) is 3. The Morgan fingerprint density at radius 2 is 1.64 bits per heavy atom. The summed E-state index contributed by atoms with van der Waals surface area (Å²) in [5.74, 6) is 0. The van der Waals surface area contributed by atoms with E-state index in [1.54, 1.807) is 0 Å². The van der Waals surface area contributed by atoms with Crippen molar-refractivity contribution < 1.29 is 0 Å². The summed E-state index contributed by atoms with van der Waals surface area (Å²) >= 11 is 0. The van der Waals surface area contributed by atoms with Crippen LogP contribution in [0.1, 0.15) is 36.1 Å². The predicted molar refractivity (Wildman–Crippen MR) is 115 cm³/mol. The maximum absolute atomic E-state index is 5.78. The number of rotatable bonds is 5. The maximum Gasteiger partial charge on any atom is 0.0415 e. The van der Waals surface area contributed by atoms with Crippen LogP contribution < -0.4 is 16.8 Å². The molecule has 0 aromatic heterocycles. The summed E-state index contributed by atoms with van der Waals surface area (Å²) in [6, 6.07) is 12.5. The van der Waals surface area contributed by atoms with Crippen LogP contribution in [0.2, 0.25) is 0 Å². The topological polar surface area (TPSA) is 64.1 Å². The number of nitrogens with two attached hydrogens (primary N) is 2. The molecule has 2 aromatic rings. The minimum atomic E-state index is 0.764. The first-order chi connectivity index (χ1) is 12.0. The second-order valence-corrected chi connectivity index (χ2v) is 5.38. The molecule has 0 saturated heterocycles. The van der Waals surface area contributed by atoms with Crippen molar-refractivity contribution in [1.82, 2.24) is 0 Å². The highest BCUT2D eigenvalue weighted by Crippen LogP contribution is 2.20. The van der Waals surface area contributed by atoms with E-state index in [0.717, 1.165) is 29.9 Å². The Kier molecular flexibility index (Phi) is 11.3. The Labute approximate surface area is 153 Å². The first-order valence-corrected chi connectivity index (χ1v) is 8.66. The number of benzene rings is 2. The Morgan fingerprint density at radius 1 is 1.00 bits per heavy atom. The van der Waals surface area contributed by atoms with Crippen LogP contribution in [-0.4, -0.2) is 6.54 Å². The number of anilines is 2. The van der Waals surface area contributed by atoms with E-state index in [1.165, 1.54) is 22.9 Å². The molecule has 0 heterocycles. The molecule has 0 aliphatic rings. The molecular formula is C22H33N3. The summed E-state index contributed by atoms with van der Waals surface area (Å²) in [7, 11) is 0. The van der Waals surface area contributed by atoms with E-state index in [0.29, 0.717) is 0 Å². The molecule has 2 rings (SSSR count). The standard InChI is InChI=1S/C18H22N2.C2H5N.C2H6/c1-4-16-12-17(19)7-8-18(16)20-10-9-15-6-5-13(2)14(3)11-15;1-2-3;1-2/h4-8,11-12,20H,1,9-10,19H2,2-3H3;2H,1,3H2;1-2H3. The van der Waals surface area contributed by atoms with E-state index in [4.69, 9.17) is 5.73 Å². The van der Waals surface area contributed by atoms with E-state index in [-0.39, 0.29) is 0 Å². The van der Waals surface area contributed by atoms with Gasteiger partial charge in [-0.05, 0) is 66.9 Å². The second kappa shape index (κ2) is 12.7. The molecular weight excluding hydrogens is 306 g/mol. The molecule has 0 bridgehead atoms. The fourth-order valence-corrected chi connectivity index (χ4v) is 2.21. The van der Waals surface area contributed by atoms with E-state index in [9.17, 15) is 0 Å². The molecule has 5 N–H and O–H groups in total. The fraction of sp³-hybridized carbons (Fsp3) is 0.273. The molecule has 0 amide bonds. The molecule has 0 spiro atoms. The normalized spacial score (nSPS) is 8.96.